The maximum Gasteiger partial charge on any atom is 0.354 e. The molecule has 339 valence electrons. The smallest absolute Gasteiger partial charge is 0.354 e. The molecule has 0 spiro atoms. The fraction of sp³-hybridized carbons (Fsp3) is 0. The van der Waals surface area contributed by atoms with Gasteiger partial charge in [-0.2, -0.15) is 0 Å². The van der Waals surface area contributed by atoms with Gasteiger partial charge in [-0.1, -0.05) is 140 Å². The van der Waals surface area contributed by atoms with E-state index in [0.29, 0.717) is 0 Å². The fourth-order valence-corrected chi connectivity index (χ4v) is 9.01. The van der Waals surface area contributed by atoms with Crippen molar-refractivity contribution in [2.45, 2.75) is 0 Å². The van der Waals surface area contributed by atoms with E-state index < -0.39 is 5.97 Å². The summed E-state index contributed by atoms with van der Waals surface area (Å²) in [5.74, 6) is -0.111. The number of hydrogen-bond donors (Lipinski definition) is 1. The number of nitrogens with zero attached hydrogens (tertiary/aromatic N) is 5. The van der Waals surface area contributed by atoms with Crippen LogP contribution in [0.5, 0.6) is 0 Å². The second-order valence-corrected chi connectivity index (χ2v) is 16.2. The Labute approximate surface area is 414 Å². The van der Waals surface area contributed by atoms with Crippen LogP contribution in [0.4, 0.5) is 8.78 Å². The maximum atomic E-state index is 13.6. The molecule has 0 aliphatic rings. The van der Waals surface area contributed by atoms with Crippen molar-refractivity contribution in [1.29, 1.82) is 0 Å². The van der Waals surface area contributed by atoms with Crippen molar-refractivity contribution in [2.24, 2.45) is 0 Å². The van der Waals surface area contributed by atoms with Gasteiger partial charge in [0.1, 0.15) is 5.69 Å². The van der Waals surface area contributed by atoms with E-state index in [1.54, 1.807) is 24.3 Å². The van der Waals surface area contributed by atoms with Gasteiger partial charge in [0.25, 0.3) is 0 Å². The first-order valence-electron chi connectivity index (χ1n) is 22.2. The molecule has 3 heterocycles. The van der Waals surface area contributed by atoms with E-state index in [-0.39, 0.29) is 37.4 Å². The SMILES string of the molecule is Fc1c[c-]c(-c2nc3c4ccccc4c4ccccc4c3n2-c2ccccc2)cc1.Fc1c[c-]c(-c2nc3c4ccccc4c4ccccc4c3n2-c2ccccc2)cc1.O=C(O)c1ccccn1.[Ir]. The minimum Gasteiger partial charge on any atom is -0.477 e. The van der Waals surface area contributed by atoms with Gasteiger partial charge in [0.15, 0.2) is 0 Å². The quantitative estimate of drug-likeness (QED) is 0.137. The number of rotatable bonds is 5. The molecule has 7 nitrogen and oxygen atoms in total. The van der Waals surface area contributed by atoms with E-state index in [9.17, 15) is 13.6 Å². The monoisotopic (exact) mass is 1090 g/mol. The summed E-state index contributed by atoms with van der Waals surface area (Å²) in [6, 6.07) is 73.9. The van der Waals surface area contributed by atoms with E-state index in [1.807, 2.05) is 48.5 Å². The van der Waals surface area contributed by atoms with Crippen LogP contribution < -0.4 is 0 Å². The Morgan fingerprint density at radius 2 is 0.786 bits per heavy atom. The standard InChI is InChI=1S/2C27H16FN2.C6H5NO2.Ir/c2*28-19-16-14-18(15-17-19)27-29-25-23-12-6-4-10-21(23)22-11-5-7-13-24(22)26(25)30(27)20-8-2-1-3-9-20;8-6(9)5-3-1-2-4-7-5;/h2*1-14,16-17H;1-4H,(H,8,9);/q2*-1;;. The Morgan fingerprint density at radius 3 is 1.13 bits per heavy atom. The van der Waals surface area contributed by atoms with Gasteiger partial charge < -0.3 is 14.2 Å². The van der Waals surface area contributed by atoms with Crippen LogP contribution in [0.3, 0.4) is 0 Å². The van der Waals surface area contributed by atoms with Crippen molar-refractivity contribution < 1.29 is 38.8 Å². The summed E-state index contributed by atoms with van der Waals surface area (Å²) < 4.78 is 31.5. The normalized spacial score (nSPS) is 11.0. The van der Waals surface area contributed by atoms with Gasteiger partial charge in [-0.05, 0) is 57.9 Å². The van der Waals surface area contributed by atoms with Crippen LogP contribution in [-0.2, 0) is 20.1 Å². The molecule has 13 aromatic rings. The second-order valence-electron chi connectivity index (χ2n) is 16.2. The summed E-state index contributed by atoms with van der Waals surface area (Å²) in [5.41, 5.74) is 7.56. The van der Waals surface area contributed by atoms with E-state index in [2.05, 4.69) is 135 Å². The minimum absolute atomic E-state index is 0. The molecule has 0 aliphatic heterocycles. The van der Waals surface area contributed by atoms with Gasteiger partial charge in [-0.3, -0.25) is 18.7 Å². The molecule has 0 saturated carbocycles. The summed E-state index contributed by atoms with van der Waals surface area (Å²) in [5, 5.41) is 17.5. The van der Waals surface area contributed by atoms with Gasteiger partial charge in [0, 0.05) is 70.9 Å². The number of imidazole rings is 2. The van der Waals surface area contributed by atoms with E-state index in [4.69, 9.17) is 15.1 Å². The fourth-order valence-electron chi connectivity index (χ4n) is 9.01. The molecule has 1 radical (unpaired) electrons. The largest absolute Gasteiger partial charge is 0.477 e. The molecular weight excluding hydrogens is 1050 g/mol. The molecule has 10 aromatic carbocycles. The van der Waals surface area contributed by atoms with E-state index >= 15 is 0 Å². The maximum absolute atomic E-state index is 13.6. The van der Waals surface area contributed by atoms with Gasteiger partial charge in [-0.25, -0.2) is 9.78 Å². The predicted octanol–water partition coefficient (Wildman–Crippen LogP) is 14.7. The molecule has 0 fully saturated rings. The Balaban J connectivity index is 0.000000136. The summed E-state index contributed by atoms with van der Waals surface area (Å²) in [7, 11) is 0. The van der Waals surface area contributed by atoms with Crippen LogP contribution in [-0.4, -0.2) is 35.2 Å². The molecule has 10 heteroatoms. The summed E-state index contributed by atoms with van der Waals surface area (Å²) >= 11 is 0. The number of benzene rings is 10. The minimum atomic E-state index is -0.990. The second kappa shape index (κ2) is 19.5. The Bertz CT molecular complexity index is 3760. The van der Waals surface area contributed by atoms with Crippen molar-refractivity contribution in [3.8, 4) is 34.2 Å². The molecule has 3 aromatic heterocycles. The number of hydrogen-bond acceptors (Lipinski definition) is 4. The number of fused-ring (bicyclic) bond motifs is 12. The molecule has 0 atom stereocenters. The van der Waals surface area contributed by atoms with Crippen molar-refractivity contribution in [1.82, 2.24) is 24.1 Å². The summed E-state index contributed by atoms with van der Waals surface area (Å²) in [4.78, 5) is 23.9. The summed E-state index contributed by atoms with van der Waals surface area (Å²) in [6.45, 7) is 0. The van der Waals surface area contributed by atoms with Crippen LogP contribution in [0.1, 0.15) is 10.5 Å². The van der Waals surface area contributed by atoms with Crippen LogP contribution in [0.2, 0.25) is 0 Å². The molecule has 0 unspecified atom stereocenters. The Kier molecular flexibility index (Phi) is 12.6. The number of aromatic nitrogens is 5. The summed E-state index contributed by atoms with van der Waals surface area (Å²) in [6.07, 6.45) is 1.45. The molecule has 70 heavy (non-hydrogen) atoms. The average Bonchev–Trinajstić information content (AvgIpc) is 4.02. The van der Waals surface area contributed by atoms with E-state index in [1.165, 1.54) is 58.1 Å². The van der Waals surface area contributed by atoms with Gasteiger partial charge in [0.05, 0.1) is 33.7 Å². The third-order valence-electron chi connectivity index (χ3n) is 12.0. The Hall–Kier alpha value is -8.69. The number of pyridine rings is 1. The number of carboxylic acids is 1. The number of carboxylic acid groups (broad SMARTS) is 1. The predicted molar refractivity (Wildman–Crippen MR) is 272 cm³/mol. The van der Waals surface area contributed by atoms with Crippen molar-refractivity contribution in [2.75, 3.05) is 0 Å². The zero-order valence-corrected chi connectivity index (χ0v) is 39.4. The zero-order chi connectivity index (χ0) is 46.8. The van der Waals surface area contributed by atoms with Crippen molar-refractivity contribution in [3.63, 3.8) is 0 Å². The van der Waals surface area contributed by atoms with Crippen molar-refractivity contribution >= 4 is 71.1 Å². The van der Waals surface area contributed by atoms with E-state index in [0.717, 1.165) is 77.8 Å². The first-order chi connectivity index (χ1) is 33.9. The molecule has 0 amide bonds. The average molecular weight is 1090 g/mol. The third kappa shape index (κ3) is 8.36. The van der Waals surface area contributed by atoms with Crippen LogP contribution in [0.25, 0.3) is 99.3 Å². The van der Waals surface area contributed by atoms with Crippen LogP contribution in [0, 0.1) is 23.8 Å². The van der Waals surface area contributed by atoms with Gasteiger partial charge in [-0.15, -0.1) is 59.7 Å². The number of para-hydroxylation sites is 2. The van der Waals surface area contributed by atoms with Crippen LogP contribution in [0.15, 0.2) is 219 Å². The molecule has 1 N–H and O–H groups in total. The number of carbonyl (C=O) groups is 1. The van der Waals surface area contributed by atoms with Gasteiger partial charge >= 0.3 is 5.97 Å². The number of aromatic carboxylic acids is 1. The third-order valence-corrected chi connectivity index (χ3v) is 12.0. The Morgan fingerprint density at radius 1 is 0.429 bits per heavy atom. The topological polar surface area (TPSA) is 85.8 Å². The first-order valence-corrected chi connectivity index (χ1v) is 22.2. The molecule has 0 bridgehead atoms. The van der Waals surface area contributed by atoms with Crippen molar-refractivity contribution in [3.05, 3.63) is 248 Å². The molecule has 13 rings (SSSR count). The van der Waals surface area contributed by atoms with Gasteiger partial charge in [0.2, 0.25) is 0 Å². The van der Waals surface area contributed by atoms with Crippen LogP contribution >= 0.6 is 0 Å². The molecular formula is C60H37F2IrN5O2-2. The molecule has 0 aliphatic carbocycles. The zero-order valence-electron chi connectivity index (χ0n) is 37.0. The first kappa shape index (κ1) is 45.1. The number of halogens is 2. The molecule has 0 saturated heterocycles.